The molecule has 0 spiro atoms. The summed E-state index contributed by atoms with van der Waals surface area (Å²) in [5, 5.41) is 10.7. The third-order valence-electron chi connectivity index (χ3n) is 3.66. The van der Waals surface area contributed by atoms with Gasteiger partial charge in [0.05, 0.1) is 10.8 Å². The van der Waals surface area contributed by atoms with Gasteiger partial charge in [-0.25, -0.2) is 13.1 Å². The molecule has 2 rings (SSSR count). The Kier molecular flexibility index (Phi) is 5.38. The second kappa shape index (κ2) is 7.10. The van der Waals surface area contributed by atoms with Gasteiger partial charge in [0.25, 0.3) is 0 Å². The van der Waals surface area contributed by atoms with Crippen LogP contribution in [-0.2, 0) is 14.8 Å². The van der Waals surface area contributed by atoms with E-state index in [2.05, 4.69) is 4.72 Å². The third kappa shape index (κ3) is 4.30. The molecular formula is C17H21NO4S. The van der Waals surface area contributed by atoms with Crippen LogP contribution in [0.2, 0.25) is 0 Å². The molecule has 0 heterocycles. The van der Waals surface area contributed by atoms with Crippen molar-refractivity contribution in [1.82, 2.24) is 4.72 Å². The fraction of sp³-hybridized carbons (Fsp3) is 0.353. The summed E-state index contributed by atoms with van der Waals surface area (Å²) >= 11 is 0. The maximum Gasteiger partial charge on any atom is 0.307 e. The average molecular weight is 335 g/mol. The Hall–Kier alpha value is -1.92. The van der Waals surface area contributed by atoms with Gasteiger partial charge >= 0.3 is 5.97 Å². The van der Waals surface area contributed by atoms with Crippen molar-refractivity contribution in [1.29, 1.82) is 0 Å². The van der Waals surface area contributed by atoms with Crippen LogP contribution in [0.15, 0.2) is 47.4 Å². The first-order valence-electron chi connectivity index (χ1n) is 7.51. The van der Waals surface area contributed by atoms with Crippen molar-refractivity contribution >= 4 is 26.8 Å². The van der Waals surface area contributed by atoms with Gasteiger partial charge in [0, 0.05) is 11.9 Å². The van der Waals surface area contributed by atoms with Gasteiger partial charge in [0.1, 0.15) is 0 Å². The second-order valence-electron chi connectivity index (χ2n) is 5.99. The van der Waals surface area contributed by atoms with Crippen molar-refractivity contribution in [2.24, 2.45) is 11.8 Å². The van der Waals surface area contributed by atoms with E-state index in [9.17, 15) is 18.3 Å². The third-order valence-corrected chi connectivity index (χ3v) is 5.15. The molecule has 2 aromatic carbocycles. The highest BCUT2D eigenvalue weighted by atomic mass is 32.2. The molecule has 0 saturated carbocycles. The minimum absolute atomic E-state index is 0.112. The molecule has 23 heavy (non-hydrogen) atoms. The molecule has 1 unspecified atom stereocenters. The van der Waals surface area contributed by atoms with Crippen molar-refractivity contribution in [2.75, 3.05) is 6.54 Å². The number of aliphatic carboxylic acids is 1. The van der Waals surface area contributed by atoms with E-state index in [0.717, 1.165) is 5.39 Å². The van der Waals surface area contributed by atoms with Crippen molar-refractivity contribution in [3.63, 3.8) is 0 Å². The minimum Gasteiger partial charge on any atom is -0.481 e. The molecule has 1 atom stereocenters. The first-order chi connectivity index (χ1) is 10.8. The summed E-state index contributed by atoms with van der Waals surface area (Å²) in [5.74, 6) is -1.54. The van der Waals surface area contributed by atoms with E-state index in [0.29, 0.717) is 11.8 Å². The molecule has 2 aromatic rings. The lowest BCUT2D eigenvalue weighted by atomic mass is 9.98. The van der Waals surface area contributed by atoms with Crippen LogP contribution in [0.3, 0.4) is 0 Å². The summed E-state index contributed by atoms with van der Waals surface area (Å²) in [6.07, 6.45) is 0.424. The Morgan fingerprint density at radius 2 is 1.78 bits per heavy atom. The molecule has 0 aliphatic carbocycles. The second-order valence-corrected chi connectivity index (χ2v) is 7.73. The molecule has 5 nitrogen and oxygen atoms in total. The van der Waals surface area contributed by atoms with Gasteiger partial charge in [-0.05, 0) is 23.8 Å². The molecule has 0 saturated heterocycles. The van der Waals surface area contributed by atoms with E-state index < -0.39 is 21.9 Å². The van der Waals surface area contributed by atoms with Crippen LogP contribution in [0, 0.1) is 11.8 Å². The first kappa shape index (κ1) is 17.4. The van der Waals surface area contributed by atoms with Crippen LogP contribution in [0.1, 0.15) is 20.3 Å². The molecule has 0 aromatic heterocycles. The van der Waals surface area contributed by atoms with Crippen molar-refractivity contribution in [3.05, 3.63) is 42.5 Å². The highest BCUT2D eigenvalue weighted by Gasteiger charge is 2.23. The lowest BCUT2D eigenvalue weighted by Crippen LogP contribution is -2.33. The zero-order valence-electron chi connectivity index (χ0n) is 13.2. The van der Waals surface area contributed by atoms with Gasteiger partial charge in [0.2, 0.25) is 10.0 Å². The molecule has 0 bridgehead atoms. The van der Waals surface area contributed by atoms with E-state index >= 15 is 0 Å². The fourth-order valence-electron chi connectivity index (χ4n) is 2.56. The first-order valence-corrected chi connectivity index (χ1v) is 9.00. The summed E-state index contributed by atoms with van der Waals surface area (Å²) in [6.45, 7) is 3.71. The van der Waals surface area contributed by atoms with Gasteiger partial charge in [-0.2, -0.15) is 0 Å². The lowest BCUT2D eigenvalue weighted by Gasteiger charge is -2.16. The van der Waals surface area contributed by atoms with E-state index in [4.69, 9.17) is 0 Å². The summed E-state index contributed by atoms with van der Waals surface area (Å²) < 4.78 is 27.6. The fourth-order valence-corrected chi connectivity index (χ4v) is 3.87. The van der Waals surface area contributed by atoms with Crippen molar-refractivity contribution in [2.45, 2.75) is 25.2 Å². The molecule has 6 heteroatoms. The number of nitrogens with one attached hydrogen (secondary N) is 1. The Morgan fingerprint density at radius 1 is 1.13 bits per heavy atom. The predicted octanol–water partition coefficient (Wildman–Crippen LogP) is 2.87. The molecule has 0 aliphatic heterocycles. The molecule has 0 radical (unpaired) electrons. The summed E-state index contributed by atoms with van der Waals surface area (Å²) in [5.41, 5.74) is 0. The van der Waals surface area contributed by atoms with Crippen LogP contribution in [0.5, 0.6) is 0 Å². The number of benzene rings is 2. The van der Waals surface area contributed by atoms with Crippen molar-refractivity contribution in [3.8, 4) is 0 Å². The smallest absolute Gasteiger partial charge is 0.307 e. The average Bonchev–Trinajstić information content (AvgIpc) is 2.50. The highest BCUT2D eigenvalue weighted by molar-refractivity contribution is 7.89. The molecule has 0 fully saturated rings. The molecule has 2 N–H and O–H groups in total. The largest absolute Gasteiger partial charge is 0.481 e. The number of rotatable bonds is 7. The zero-order chi connectivity index (χ0) is 17.0. The maximum absolute atomic E-state index is 12.6. The Balaban J connectivity index is 2.26. The van der Waals surface area contributed by atoms with Gasteiger partial charge in [0.15, 0.2) is 0 Å². The molecule has 124 valence electrons. The highest BCUT2D eigenvalue weighted by Crippen LogP contribution is 2.23. The van der Waals surface area contributed by atoms with Crippen molar-refractivity contribution < 1.29 is 18.3 Å². The topological polar surface area (TPSA) is 83.5 Å². The summed E-state index contributed by atoms with van der Waals surface area (Å²) in [6, 6.07) is 12.3. The number of sulfonamides is 1. The predicted molar refractivity (Wildman–Crippen MR) is 89.7 cm³/mol. The van der Waals surface area contributed by atoms with Crippen LogP contribution >= 0.6 is 0 Å². The zero-order valence-corrected chi connectivity index (χ0v) is 14.0. The molecule has 0 aliphatic rings. The monoisotopic (exact) mass is 335 g/mol. The molecule has 0 amide bonds. The van der Waals surface area contributed by atoms with Crippen LogP contribution in [0.4, 0.5) is 0 Å². The number of fused-ring (bicyclic) bond motifs is 1. The van der Waals surface area contributed by atoms with Crippen LogP contribution in [-0.4, -0.2) is 26.0 Å². The van der Waals surface area contributed by atoms with E-state index in [1.807, 2.05) is 32.0 Å². The number of hydrogen-bond donors (Lipinski definition) is 2. The van der Waals surface area contributed by atoms with Crippen LogP contribution < -0.4 is 4.72 Å². The maximum atomic E-state index is 12.6. The number of carbonyl (C=O) groups is 1. The summed E-state index contributed by atoms with van der Waals surface area (Å²) in [4.78, 5) is 11.4. The number of carboxylic acid groups (broad SMARTS) is 1. The number of carboxylic acids is 1. The van der Waals surface area contributed by atoms with E-state index in [1.165, 1.54) is 6.07 Å². The molecular weight excluding hydrogens is 314 g/mol. The number of hydrogen-bond acceptors (Lipinski definition) is 3. The van der Waals surface area contributed by atoms with Gasteiger partial charge in [-0.1, -0.05) is 50.2 Å². The quantitative estimate of drug-likeness (QED) is 0.815. The normalized spacial score (nSPS) is 13.3. The SMILES string of the molecule is CC(C)CC(CNS(=O)(=O)c1cccc2ccccc12)C(=O)O. The minimum atomic E-state index is -3.76. The standard InChI is InChI=1S/C17H21NO4S/c1-12(2)10-14(17(19)20)11-18-23(21,22)16-9-5-7-13-6-3-4-8-15(13)16/h3-9,12,14,18H,10-11H2,1-2H3,(H,19,20). The summed E-state index contributed by atoms with van der Waals surface area (Å²) in [7, 11) is -3.76. The Labute approximate surface area is 136 Å². The lowest BCUT2D eigenvalue weighted by molar-refractivity contribution is -0.142. The van der Waals surface area contributed by atoms with Gasteiger partial charge < -0.3 is 5.11 Å². The van der Waals surface area contributed by atoms with Crippen LogP contribution in [0.25, 0.3) is 10.8 Å². The van der Waals surface area contributed by atoms with E-state index in [1.54, 1.807) is 18.2 Å². The van der Waals surface area contributed by atoms with Gasteiger partial charge in [-0.15, -0.1) is 0 Å². The van der Waals surface area contributed by atoms with E-state index in [-0.39, 0.29) is 17.4 Å². The Morgan fingerprint density at radius 3 is 2.43 bits per heavy atom. The Bertz CT molecular complexity index is 794. The van der Waals surface area contributed by atoms with Gasteiger partial charge in [-0.3, -0.25) is 4.79 Å².